The lowest BCUT2D eigenvalue weighted by molar-refractivity contribution is 0.0538. The number of hydrogen-bond acceptors (Lipinski definition) is 10. The number of halogens is 2. The Labute approximate surface area is 419 Å². The minimum Gasteiger partial charge on any atom is -0.493 e. The Morgan fingerprint density at radius 2 is 1.10 bits per heavy atom. The molecule has 0 spiro atoms. The van der Waals surface area contributed by atoms with Crippen LogP contribution in [0, 0.1) is 11.8 Å². The lowest BCUT2D eigenvalue weighted by Gasteiger charge is -2.44. The van der Waals surface area contributed by atoms with Crippen molar-refractivity contribution in [3.8, 4) is 23.0 Å². The van der Waals surface area contributed by atoms with Crippen LogP contribution >= 0.6 is 24.8 Å². The normalized spacial score (nSPS) is 21.5. The van der Waals surface area contributed by atoms with E-state index in [9.17, 15) is 9.59 Å². The number of carbonyl (C=O) groups excluding carboxylic acids is 2. The molecule has 4 aromatic carbocycles. The van der Waals surface area contributed by atoms with Gasteiger partial charge in [-0.15, -0.1) is 24.8 Å². The fraction of sp³-hybridized carbons (Fsp3) is 0.444. The molecule has 9 rings (SSSR count). The van der Waals surface area contributed by atoms with E-state index in [1.54, 1.807) is 14.2 Å². The molecule has 15 heteroatoms. The second-order valence-corrected chi connectivity index (χ2v) is 18.0. The highest BCUT2D eigenvalue weighted by molar-refractivity contribution is 5.99. The van der Waals surface area contributed by atoms with Gasteiger partial charge in [0.25, 0.3) is 11.8 Å². The van der Waals surface area contributed by atoms with Gasteiger partial charge in [-0.3, -0.25) is 14.5 Å². The van der Waals surface area contributed by atoms with Crippen LogP contribution in [0.4, 0.5) is 0 Å². The Hall–Kier alpha value is -5.28. The number of nitrogens with zero attached hydrogens (tertiary/aromatic N) is 2. The Morgan fingerprint density at radius 1 is 0.580 bits per heavy atom. The molecule has 4 aliphatic rings. The molecule has 2 fully saturated rings. The number of benzene rings is 4. The Kier molecular flexibility index (Phi) is 20.1. The van der Waals surface area contributed by atoms with Gasteiger partial charge < -0.3 is 48.9 Å². The number of rotatable bonds is 19. The van der Waals surface area contributed by atoms with Gasteiger partial charge in [0.2, 0.25) is 0 Å². The van der Waals surface area contributed by atoms with Crippen LogP contribution in [0.15, 0.2) is 109 Å². The molecule has 2 saturated heterocycles. The summed E-state index contributed by atoms with van der Waals surface area (Å²) in [7, 11) is 3.36. The first-order valence-corrected chi connectivity index (χ1v) is 23.9. The van der Waals surface area contributed by atoms with Crippen LogP contribution in [0.3, 0.4) is 0 Å². The van der Waals surface area contributed by atoms with Gasteiger partial charge in [-0.05, 0) is 135 Å². The SMILES string of the molecule is COCCOc1cccc([C@@H]2CCN(CCn3cccc3)[C@H](C)[C@H]2COc2ccc3c(c2)C(=O)NC3)c1.COCCOc1cccc([C@@H]2CCN[C@H](C)[C@H]2COc2ccc3c(c2)C(=O)NC3)c1.Cl.Cl. The van der Waals surface area contributed by atoms with Crippen molar-refractivity contribution >= 4 is 36.6 Å². The van der Waals surface area contributed by atoms with Crippen molar-refractivity contribution in [1.82, 2.24) is 25.4 Å². The Bertz CT molecular complexity index is 2400. The highest BCUT2D eigenvalue weighted by Gasteiger charge is 2.37. The summed E-state index contributed by atoms with van der Waals surface area (Å²) in [5, 5.41) is 9.32. The van der Waals surface area contributed by atoms with E-state index in [1.165, 1.54) is 11.1 Å². The second kappa shape index (κ2) is 26.1. The van der Waals surface area contributed by atoms with Gasteiger partial charge in [0.05, 0.1) is 26.4 Å². The maximum atomic E-state index is 12.2. The Morgan fingerprint density at radius 3 is 1.65 bits per heavy atom. The number of piperidine rings is 2. The van der Waals surface area contributed by atoms with E-state index in [0.717, 1.165) is 84.3 Å². The third-order valence-corrected chi connectivity index (χ3v) is 13.9. The molecule has 69 heavy (non-hydrogen) atoms. The monoisotopic (exact) mass is 985 g/mol. The van der Waals surface area contributed by atoms with Gasteiger partial charge in [0.15, 0.2) is 0 Å². The molecule has 372 valence electrons. The van der Waals surface area contributed by atoms with Crippen molar-refractivity contribution in [1.29, 1.82) is 0 Å². The molecule has 5 aromatic rings. The zero-order chi connectivity index (χ0) is 46.5. The van der Waals surface area contributed by atoms with E-state index in [-0.39, 0.29) is 42.5 Å². The molecule has 13 nitrogen and oxygen atoms in total. The van der Waals surface area contributed by atoms with Crippen LogP contribution in [0.5, 0.6) is 23.0 Å². The molecule has 2 amide bonds. The van der Waals surface area contributed by atoms with Crippen LogP contribution in [0.1, 0.15) is 81.5 Å². The van der Waals surface area contributed by atoms with Gasteiger partial charge in [-0.25, -0.2) is 0 Å². The van der Waals surface area contributed by atoms with E-state index < -0.39 is 0 Å². The molecular formula is C54H69Cl2N5O8. The molecule has 1 aromatic heterocycles. The molecule has 0 saturated carbocycles. The Balaban J connectivity index is 0.000000225. The molecule has 6 atom stereocenters. The molecule has 0 bridgehead atoms. The predicted octanol–water partition coefficient (Wildman–Crippen LogP) is 8.29. The van der Waals surface area contributed by atoms with Crippen LogP contribution in [0.2, 0.25) is 0 Å². The smallest absolute Gasteiger partial charge is 0.252 e. The summed E-state index contributed by atoms with van der Waals surface area (Å²) in [6.07, 6.45) is 6.35. The van der Waals surface area contributed by atoms with Crippen LogP contribution < -0.4 is 34.9 Å². The van der Waals surface area contributed by atoms with Crippen molar-refractivity contribution in [3.05, 3.63) is 143 Å². The first kappa shape index (κ1) is 53.1. The van der Waals surface area contributed by atoms with Crippen molar-refractivity contribution in [3.63, 3.8) is 0 Å². The van der Waals surface area contributed by atoms with E-state index in [4.69, 9.17) is 28.4 Å². The molecule has 5 heterocycles. The van der Waals surface area contributed by atoms with Gasteiger partial charge in [0, 0.05) is 87.8 Å². The number of hydrogen-bond donors (Lipinski definition) is 3. The largest absolute Gasteiger partial charge is 0.493 e. The molecule has 0 radical (unpaired) electrons. The topological polar surface area (TPSA) is 134 Å². The maximum absolute atomic E-state index is 12.2. The number of carbonyl (C=O) groups is 2. The van der Waals surface area contributed by atoms with E-state index in [1.807, 2.05) is 48.5 Å². The van der Waals surface area contributed by atoms with Crippen LogP contribution in [-0.4, -0.2) is 107 Å². The van der Waals surface area contributed by atoms with E-state index >= 15 is 0 Å². The number of fused-ring (bicyclic) bond motifs is 2. The number of ether oxygens (including phenoxy) is 6. The van der Waals surface area contributed by atoms with Gasteiger partial charge >= 0.3 is 0 Å². The third kappa shape index (κ3) is 13.7. The average molecular weight is 987 g/mol. The van der Waals surface area contributed by atoms with Crippen LogP contribution in [0.25, 0.3) is 0 Å². The van der Waals surface area contributed by atoms with Crippen molar-refractivity contribution in [2.24, 2.45) is 11.8 Å². The highest BCUT2D eigenvalue weighted by Crippen LogP contribution is 2.39. The zero-order valence-corrected chi connectivity index (χ0v) is 41.9. The second-order valence-electron chi connectivity index (χ2n) is 18.0. The summed E-state index contributed by atoms with van der Waals surface area (Å²) in [6.45, 7) is 13.1. The fourth-order valence-corrected chi connectivity index (χ4v) is 10.0. The number of nitrogens with one attached hydrogen (secondary N) is 3. The number of aromatic nitrogens is 1. The van der Waals surface area contributed by atoms with Crippen molar-refractivity contribution in [2.45, 2.75) is 70.2 Å². The first-order valence-electron chi connectivity index (χ1n) is 23.9. The minimum atomic E-state index is -0.0224. The molecular weight excluding hydrogens is 918 g/mol. The van der Waals surface area contributed by atoms with E-state index in [0.29, 0.717) is 82.6 Å². The summed E-state index contributed by atoms with van der Waals surface area (Å²) in [5.74, 6) is 4.54. The van der Waals surface area contributed by atoms with Crippen molar-refractivity contribution < 1.29 is 38.0 Å². The van der Waals surface area contributed by atoms with Crippen LogP contribution in [-0.2, 0) is 29.1 Å². The standard InChI is InChI=1S/C30H37N3O4.C24H30N2O4.2ClH/c1-22-29(21-37-26-9-8-24-20-31-30(34)28(24)19-26)27(10-13-33(22)15-14-32-11-3-4-12-32)23-6-5-7-25(18-23)36-17-16-35-2;1-16-23(15-30-20-7-6-18-14-26-24(27)22(18)13-20)21(8-9-25-16)17-4-3-5-19(12-17)29-11-10-28-2;;/h3-9,11-12,18-19,22,27,29H,10,13-17,20-21H2,1-2H3,(H,31,34);3-7,12-13,16,21,23,25H,8-11,14-15H2,1-2H3,(H,26,27);2*1H/t22-,27+,29-;16-,21+,23-;;/m11../s1. The highest BCUT2D eigenvalue weighted by atomic mass is 35.5. The molecule has 4 aliphatic heterocycles. The maximum Gasteiger partial charge on any atom is 0.252 e. The average Bonchev–Trinajstić information content (AvgIpc) is 4.11. The minimum absolute atomic E-state index is 0. The predicted molar refractivity (Wildman–Crippen MR) is 273 cm³/mol. The summed E-state index contributed by atoms with van der Waals surface area (Å²) >= 11 is 0. The summed E-state index contributed by atoms with van der Waals surface area (Å²) in [5.41, 5.74) is 6.07. The zero-order valence-electron chi connectivity index (χ0n) is 40.2. The van der Waals surface area contributed by atoms with E-state index in [2.05, 4.69) is 100 Å². The lowest BCUT2D eigenvalue weighted by atomic mass is 9.76. The molecule has 0 aliphatic carbocycles. The number of likely N-dealkylation sites (tertiary alicyclic amines) is 1. The fourth-order valence-electron chi connectivity index (χ4n) is 10.0. The summed E-state index contributed by atoms with van der Waals surface area (Å²) in [6, 6.07) is 33.3. The first-order chi connectivity index (χ1) is 32.8. The van der Waals surface area contributed by atoms with Gasteiger partial charge in [-0.1, -0.05) is 36.4 Å². The molecule has 0 unspecified atom stereocenters. The van der Waals surface area contributed by atoms with Gasteiger partial charge in [0.1, 0.15) is 36.2 Å². The van der Waals surface area contributed by atoms with Gasteiger partial charge in [-0.2, -0.15) is 0 Å². The lowest BCUT2D eigenvalue weighted by Crippen LogP contribution is -2.49. The summed E-state index contributed by atoms with van der Waals surface area (Å²) < 4.78 is 36.8. The number of methoxy groups -OCH3 is 2. The number of amides is 2. The van der Waals surface area contributed by atoms with Crippen molar-refractivity contribution in [2.75, 3.05) is 73.5 Å². The summed E-state index contributed by atoms with van der Waals surface area (Å²) in [4.78, 5) is 26.7. The quantitative estimate of drug-likeness (QED) is 0.0695. The third-order valence-electron chi connectivity index (χ3n) is 13.9. The molecule has 3 N–H and O–H groups in total.